The summed E-state index contributed by atoms with van der Waals surface area (Å²) in [5, 5.41) is 5.27. The topological polar surface area (TPSA) is 12.0 Å². The van der Waals surface area contributed by atoms with Crippen LogP contribution in [0.5, 0.6) is 0 Å². The van der Waals surface area contributed by atoms with Crippen LogP contribution in [0.2, 0.25) is 19.6 Å². The maximum absolute atomic E-state index is 3.72. The van der Waals surface area contributed by atoms with Gasteiger partial charge in [0, 0.05) is 12.6 Å². The molecule has 0 amide bonds. The minimum absolute atomic E-state index is 0.738. The quantitative estimate of drug-likeness (QED) is 0.818. The molecule has 0 spiro atoms. The first-order valence-corrected chi connectivity index (χ1v) is 10.8. The molecule has 0 saturated heterocycles. The molecule has 1 N–H and O–H groups in total. The van der Waals surface area contributed by atoms with Gasteiger partial charge in [-0.3, -0.25) is 0 Å². The zero-order valence-corrected chi connectivity index (χ0v) is 13.3. The Morgan fingerprint density at radius 1 is 1.11 bits per heavy atom. The summed E-state index contributed by atoms with van der Waals surface area (Å²) in [5.41, 5.74) is 1.43. The van der Waals surface area contributed by atoms with E-state index in [9.17, 15) is 0 Å². The Morgan fingerprint density at radius 2 is 1.78 bits per heavy atom. The van der Waals surface area contributed by atoms with Gasteiger partial charge in [0.15, 0.2) is 0 Å². The molecule has 0 radical (unpaired) electrons. The summed E-state index contributed by atoms with van der Waals surface area (Å²) in [5.74, 6) is 0.853. The molecule has 0 heterocycles. The van der Waals surface area contributed by atoms with Crippen molar-refractivity contribution in [1.29, 1.82) is 0 Å². The second-order valence-electron chi connectivity index (χ2n) is 6.84. The van der Waals surface area contributed by atoms with E-state index in [-0.39, 0.29) is 0 Å². The van der Waals surface area contributed by atoms with Crippen LogP contribution in [0.4, 0.5) is 0 Å². The summed E-state index contributed by atoms with van der Waals surface area (Å²) >= 11 is 0. The fourth-order valence-electron chi connectivity index (χ4n) is 2.82. The van der Waals surface area contributed by atoms with E-state index < -0.39 is 8.07 Å². The number of hydrogen-bond acceptors (Lipinski definition) is 1. The van der Waals surface area contributed by atoms with Gasteiger partial charge in [-0.15, -0.1) is 0 Å². The molecular formula is C16H27NSi. The van der Waals surface area contributed by atoms with E-state index in [1.807, 2.05) is 0 Å². The lowest BCUT2D eigenvalue weighted by atomic mass is 10.1. The highest BCUT2D eigenvalue weighted by molar-refractivity contribution is 6.88. The van der Waals surface area contributed by atoms with Gasteiger partial charge in [0.2, 0.25) is 0 Å². The molecule has 1 aliphatic carbocycles. The van der Waals surface area contributed by atoms with Gasteiger partial charge in [-0.2, -0.15) is 0 Å². The van der Waals surface area contributed by atoms with Gasteiger partial charge in [-0.1, -0.05) is 62.4 Å². The summed E-state index contributed by atoms with van der Waals surface area (Å²) in [6, 6.07) is 10.0. The second-order valence-corrected chi connectivity index (χ2v) is 11.9. The van der Waals surface area contributed by atoms with Crippen molar-refractivity contribution < 1.29 is 0 Å². The summed E-state index contributed by atoms with van der Waals surface area (Å²) in [6.45, 7) is 10.6. The Bertz CT molecular complexity index is 377. The van der Waals surface area contributed by atoms with Crippen LogP contribution in [0.25, 0.3) is 0 Å². The average molecular weight is 261 g/mol. The summed E-state index contributed by atoms with van der Waals surface area (Å²) in [7, 11) is -1.14. The van der Waals surface area contributed by atoms with Crippen molar-refractivity contribution in [3.8, 4) is 0 Å². The van der Waals surface area contributed by atoms with Gasteiger partial charge >= 0.3 is 0 Å². The standard InChI is InChI=1S/C16H27NSi/c1-13-6-5-7-16(13)17-12-14-8-10-15(11-9-14)18(2,3)4/h8-11,13,16-17H,5-7,12H2,1-4H3. The monoisotopic (exact) mass is 261 g/mol. The van der Waals surface area contributed by atoms with Crippen molar-refractivity contribution in [3.05, 3.63) is 29.8 Å². The van der Waals surface area contributed by atoms with Crippen molar-refractivity contribution in [2.75, 3.05) is 0 Å². The molecule has 2 rings (SSSR count). The van der Waals surface area contributed by atoms with Gasteiger partial charge in [0.05, 0.1) is 8.07 Å². The highest BCUT2D eigenvalue weighted by Gasteiger charge is 2.22. The molecule has 100 valence electrons. The van der Waals surface area contributed by atoms with Crippen molar-refractivity contribution in [2.45, 2.75) is 58.4 Å². The average Bonchev–Trinajstić information content (AvgIpc) is 2.72. The molecule has 2 atom stereocenters. The highest BCUT2D eigenvalue weighted by atomic mass is 28.3. The van der Waals surface area contributed by atoms with E-state index >= 15 is 0 Å². The second kappa shape index (κ2) is 5.58. The van der Waals surface area contributed by atoms with Crippen LogP contribution in [0.1, 0.15) is 31.7 Å². The number of rotatable bonds is 4. The van der Waals surface area contributed by atoms with Gasteiger partial charge in [0.1, 0.15) is 0 Å². The Labute approximate surface area is 113 Å². The molecule has 1 fully saturated rings. The minimum atomic E-state index is -1.14. The van der Waals surface area contributed by atoms with Crippen LogP contribution in [0, 0.1) is 5.92 Å². The molecule has 0 aliphatic heterocycles. The molecule has 0 aromatic heterocycles. The predicted molar refractivity (Wildman–Crippen MR) is 83.1 cm³/mol. The molecule has 18 heavy (non-hydrogen) atoms. The van der Waals surface area contributed by atoms with E-state index in [1.54, 1.807) is 5.19 Å². The predicted octanol–water partition coefficient (Wildman–Crippen LogP) is 3.51. The molecule has 2 heteroatoms. The lowest BCUT2D eigenvalue weighted by Gasteiger charge is -2.19. The zero-order chi connectivity index (χ0) is 13.2. The minimum Gasteiger partial charge on any atom is -0.310 e. The third kappa shape index (κ3) is 3.45. The van der Waals surface area contributed by atoms with Gasteiger partial charge in [-0.25, -0.2) is 0 Å². The van der Waals surface area contributed by atoms with Crippen LogP contribution in [0.3, 0.4) is 0 Å². The molecule has 2 unspecified atom stereocenters. The van der Waals surface area contributed by atoms with Crippen LogP contribution >= 0.6 is 0 Å². The highest BCUT2D eigenvalue weighted by Crippen LogP contribution is 2.24. The van der Waals surface area contributed by atoms with Gasteiger partial charge < -0.3 is 5.32 Å². The Hall–Kier alpha value is -0.603. The molecule has 0 bridgehead atoms. The first-order chi connectivity index (χ1) is 8.47. The summed E-state index contributed by atoms with van der Waals surface area (Å²) in [6.07, 6.45) is 4.15. The third-order valence-corrected chi connectivity index (χ3v) is 6.32. The number of benzene rings is 1. The Morgan fingerprint density at radius 3 is 2.28 bits per heavy atom. The largest absolute Gasteiger partial charge is 0.310 e. The Balaban J connectivity index is 1.90. The molecule has 1 nitrogen and oxygen atoms in total. The lowest BCUT2D eigenvalue weighted by molar-refractivity contribution is 0.426. The fourth-order valence-corrected chi connectivity index (χ4v) is 3.99. The maximum atomic E-state index is 3.72. The maximum Gasteiger partial charge on any atom is 0.0775 e. The van der Waals surface area contributed by atoms with E-state index in [0.717, 1.165) is 18.5 Å². The lowest BCUT2D eigenvalue weighted by Crippen LogP contribution is -2.37. The Kier molecular flexibility index (Phi) is 4.28. The van der Waals surface area contributed by atoms with Crippen molar-refractivity contribution in [1.82, 2.24) is 5.32 Å². The summed E-state index contributed by atoms with van der Waals surface area (Å²) < 4.78 is 0. The van der Waals surface area contributed by atoms with Crippen LogP contribution in [0.15, 0.2) is 24.3 Å². The molecule has 1 aliphatic rings. The first kappa shape index (κ1) is 13.8. The third-order valence-electron chi connectivity index (χ3n) is 4.25. The molecular weight excluding hydrogens is 234 g/mol. The first-order valence-electron chi connectivity index (χ1n) is 7.29. The molecule has 1 aromatic carbocycles. The van der Waals surface area contributed by atoms with E-state index in [4.69, 9.17) is 0 Å². The smallest absolute Gasteiger partial charge is 0.0775 e. The number of hydrogen-bond donors (Lipinski definition) is 1. The van der Waals surface area contributed by atoms with Crippen molar-refractivity contribution >= 4 is 13.3 Å². The molecule has 1 saturated carbocycles. The normalized spacial score (nSPS) is 24.4. The molecule has 1 aromatic rings. The summed E-state index contributed by atoms with van der Waals surface area (Å²) in [4.78, 5) is 0. The fraction of sp³-hybridized carbons (Fsp3) is 0.625. The van der Waals surface area contributed by atoms with Crippen molar-refractivity contribution in [3.63, 3.8) is 0 Å². The van der Waals surface area contributed by atoms with Crippen LogP contribution in [-0.4, -0.2) is 14.1 Å². The van der Waals surface area contributed by atoms with Crippen LogP contribution < -0.4 is 10.5 Å². The van der Waals surface area contributed by atoms with Gasteiger partial charge in [0.25, 0.3) is 0 Å². The SMILES string of the molecule is CC1CCCC1NCc1ccc([Si](C)(C)C)cc1. The zero-order valence-electron chi connectivity index (χ0n) is 12.3. The van der Waals surface area contributed by atoms with E-state index in [0.29, 0.717) is 0 Å². The van der Waals surface area contributed by atoms with Crippen LogP contribution in [-0.2, 0) is 6.54 Å². The van der Waals surface area contributed by atoms with Crippen molar-refractivity contribution in [2.24, 2.45) is 5.92 Å². The number of nitrogens with one attached hydrogen (secondary N) is 1. The van der Waals surface area contributed by atoms with Gasteiger partial charge in [-0.05, 0) is 24.3 Å². The van der Waals surface area contributed by atoms with E-state index in [2.05, 4.69) is 56.1 Å². The van der Waals surface area contributed by atoms with E-state index in [1.165, 1.54) is 24.8 Å².